The van der Waals surface area contributed by atoms with Gasteiger partial charge in [-0.1, -0.05) is 17.7 Å². The lowest BCUT2D eigenvalue weighted by Crippen LogP contribution is -2.16. The van der Waals surface area contributed by atoms with Gasteiger partial charge in [0.25, 0.3) is 5.91 Å². The first-order valence-electron chi connectivity index (χ1n) is 7.77. The zero-order valence-electron chi connectivity index (χ0n) is 13.1. The van der Waals surface area contributed by atoms with Crippen LogP contribution in [0.15, 0.2) is 43.0 Å². The highest BCUT2D eigenvalue weighted by Crippen LogP contribution is 2.21. The van der Waals surface area contributed by atoms with Crippen molar-refractivity contribution < 1.29 is 9.90 Å². The number of halogens is 1. The lowest BCUT2D eigenvalue weighted by Gasteiger charge is -2.12. The molecule has 6 nitrogen and oxygen atoms in total. The molecule has 2 aromatic heterocycles. The number of amides is 1. The summed E-state index contributed by atoms with van der Waals surface area (Å²) < 4.78 is 3.81. The van der Waals surface area contributed by atoms with Gasteiger partial charge in [-0.25, -0.2) is 4.98 Å². The molecule has 1 atom stereocenters. The monoisotopic (exact) mass is 346 g/mol. The summed E-state index contributed by atoms with van der Waals surface area (Å²) in [6.45, 7) is 1.19. The number of aryl methyl sites for hydroxylation is 1. The van der Waals surface area contributed by atoms with E-state index in [1.165, 1.54) is 6.33 Å². The Morgan fingerprint density at radius 2 is 2.21 bits per heavy atom. The van der Waals surface area contributed by atoms with Crippen LogP contribution in [0, 0.1) is 0 Å². The first-order valence-corrected chi connectivity index (χ1v) is 8.15. The van der Waals surface area contributed by atoms with Gasteiger partial charge in [0.2, 0.25) is 0 Å². The number of aliphatic hydroxyl groups excluding tert-OH is 1. The number of carbonyl (C=O) groups excluding carboxylic acids is 1. The zero-order valence-corrected chi connectivity index (χ0v) is 13.9. The molecular weight excluding hydrogens is 328 g/mol. The minimum absolute atomic E-state index is 0.206. The number of rotatable bonds is 7. The fraction of sp³-hybridized carbons (Fsp3) is 0.294. The Kier molecular flexibility index (Phi) is 4.87. The van der Waals surface area contributed by atoms with Gasteiger partial charge in [-0.3, -0.25) is 4.79 Å². The molecule has 0 unspecified atom stereocenters. The number of carbonyl (C=O) groups is 1. The number of nitrogens with two attached hydrogens (primary N) is 1. The van der Waals surface area contributed by atoms with E-state index in [-0.39, 0.29) is 5.69 Å². The summed E-state index contributed by atoms with van der Waals surface area (Å²) in [5, 5.41) is 12.0. The van der Waals surface area contributed by atoms with Gasteiger partial charge >= 0.3 is 0 Å². The molecule has 2 heterocycles. The topological polar surface area (TPSA) is 86.1 Å². The first-order chi connectivity index (χ1) is 11.5. The molecule has 0 aliphatic rings. The van der Waals surface area contributed by atoms with Crippen molar-refractivity contribution in [2.45, 2.75) is 32.0 Å². The second-order valence-corrected chi connectivity index (χ2v) is 6.26. The Balaban J connectivity index is 1.53. The van der Waals surface area contributed by atoms with Gasteiger partial charge in [0.1, 0.15) is 5.69 Å². The molecule has 0 aliphatic carbocycles. The van der Waals surface area contributed by atoms with Crippen LogP contribution in [-0.4, -0.2) is 31.2 Å². The fourth-order valence-corrected chi connectivity index (χ4v) is 2.94. The van der Waals surface area contributed by atoms with Crippen LogP contribution in [-0.2, 0) is 13.1 Å². The van der Waals surface area contributed by atoms with E-state index in [0.29, 0.717) is 18.0 Å². The SMILES string of the molecule is NC(=O)c1cn(C[C@@H](O)CCCn2ccc3ccc(Cl)cc32)cn1. The Bertz CT molecular complexity index is 855. The average molecular weight is 347 g/mol. The van der Waals surface area contributed by atoms with Crippen molar-refractivity contribution in [3.05, 3.63) is 53.7 Å². The summed E-state index contributed by atoms with van der Waals surface area (Å²) in [6.07, 6.45) is 6.05. The number of fused-ring (bicyclic) bond motifs is 1. The predicted molar refractivity (Wildman–Crippen MR) is 92.9 cm³/mol. The van der Waals surface area contributed by atoms with Gasteiger partial charge in [0.15, 0.2) is 0 Å². The summed E-state index contributed by atoms with van der Waals surface area (Å²) in [5.41, 5.74) is 6.46. The van der Waals surface area contributed by atoms with Crippen LogP contribution in [0.1, 0.15) is 23.3 Å². The molecule has 3 N–H and O–H groups in total. The number of nitrogens with zero attached hydrogens (tertiary/aromatic N) is 3. The van der Waals surface area contributed by atoms with Crippen LogP contribution >= 0.6 is 11.6 Å². The van der Waals surface area contributed by atoms with Crippen LogP contribution in [0.4, 0.5) is 0 Å². The van der Waals surface area contributed by atoms with Crippen LogP contribution < -0.4 is 5.73 Å². The second-order valence-electron chi connectivity index (χ2n) is 5.83. The third kappa shape index (κ3) is 3.77. The summed E-state index contributed by atoms with van der Waals surface area (Å²) in [4.78, 5) is 14.9. The quantitative estimate of drug-likeness (QED) is 0.689. The largest absolute Gasteiger partial charge is 0.391 e. The van der Waals surface area contributed by atoms with E-state index in [1.54, 1.807) is 10.8 Å². The molecule has 126 valence electrons. The van der Waals surface area contributed by atoms with Crippen molar-refractivity contribution in [1.82, 2.24) is 14.1 Å². The smallest absolute Gasteiger partial charge is 0.268 e. The lowest BCUT2D eigenvalue weighted by molar-refractivity contribution is 0.0995. The number of benzene rings is 1. The number of primary amides is 1. The van der Waals surface area contributed by atoms with Gasteiger partial charge in [0.05, 0.1) is 12.4 Å². The van der Waals surface area contributed by atoms with Crippen LogP contribution in [0.5, 0.6) is 0 Å². The van der Waals surface area contributed by atoms with E-state index >= 15 is 0 Å². The van der Waals surface area contributed by atoms with E-state index in [4.69, 9.17) is 17.3 Å². The number of aliphatic hydroxyl groups is 1. The summed E-state index contributed by atoms with van der Waals surface area (Å²) in [5.74, 6) is -0.568. The van der Waals surface area contributed by atoms with E-state index < -0.39 is 12.0 Å². The molecule has 7 heteroatoms. The van der Waals surface area contributed by atoms with Crippen molar-refractivity contribution in [3.8, 4) is 0 Å². The maximum atomic E-state index is 11.0. The summed E-state index contributed by atoms with van der Waals surface area (Å²) in [7, 11) is 0. The number of hydrogen-bond donors (Lipinski definition) is 2. The molecule has 0 saturated heterocycles. The lowest BCUT2D eigenvalue weighted by atomic mass is 10.2. The Morgan fingerprint density at radius 1 is 1.38 bits per heavy atom. The molecule has 3 rings (SSSR count). The molecule has 1 aromatic carbocycles. The predicted octanol–water partition coefficient (Wildman–Crippen LogP) is 2.43. The Hall–Kier alpha value is -2.31. The third-order valence-electron chi connectivity index (χ3n) is 3.98. The third-order valence-corrected chi connectivity index (χ3v) is 4.21. The van der Waals surface area contributed by atoms with Crippen molar-refractivity contribution in [1.29, 1.82) is 0 Å². The molecule has 0 aliphatic heterocycles. The fourth-order valence-electron chi connectivity index (χ4n) is 2.77. The second kappa shape index (κ2) is 7.07. The standard InChI is InChI=1S/C17H19ClN4O2/c18-13-4-3-12-5-7-22(16(12)8-13)6-1-2-14(23)9-21-10-15(17(19)24)20-11-21/h3-5,7-8,10-11,14,23H,1-2,6,9H2,(H2,19,24)/t14-/m0/s1. The average Bonchev–Trinajstić information content (AvgIpc) is 3.15. The highest BCUT2D eigenvalue weighted by Gasteiger charge is 2.09. The zero-order chi connectivity index (χ0) is 17.1. The maximum Gasteiger partial charge on any atom is 0.268 e. The Morgan fingerprint density at radius 3 is 2.96 bits per heavy atom. The van der Waals surface area contributed by atoms with Crippen molar-refractivity contribution in [2.75, 3.05) is 0 Å². The van der Waals surface area contributed by atoms with E-state index in [1.807, 2.05) is 24.4 Å². The van der Waals surface area contributed by atoms with Crippen LogP contribution in [0.2, 0.25) is 5.02 Å². The molecule has 0 saturated carbocycles. The number of imidazole rings is 1. The summed E-state index contributed by atoms with van der Waals surface area (Å²) in [6, 6.07) is 7.88. The van der Waals surface area contributed by atoms with Crippen LogP contribution in [0.3, 0.4) is 0 Å². The molecule has 1 amide bonds. The molecular formula is C17H19ClN4O2. The highest BCUT2D eigenvalue weighted by atomic mass is 35.5. The molecule has 3 aromatic rings. The highest BCUT2D eigenvalue weighted by molar-refractivity contribution is 6.31. The number of hydrogen-bond acceptors (Lipinski definition) is 3. The van der Waals surface area contributed by atoms with Crippen molar-refractivity contribution in [3.63, 3.8) is 0 Å². The molecule has 0 radical (unpaired) electrons. The minimum atomic E-state index is -0.568. The van der Waals surface area contributed by atoms with E-state index in [0.717, 1.165) is 23.9 Å². The minimum Gasteiger partial charge on any atom is -0.391 e. The van der Waals surface area contributed by atoms with Gasteiger partial charge in [-0.2, -0.15) is 0 Å². The van der Waals surface area contributed by atoms with E-state index in [9.17, 15) is 9.90 Å². The van der Waals surface area contributed by atoms with Crippen LogP contribution in [0.25, 0.3) is 10.9 Å². The number of aromatic nitrogens is 3. The van der Waals surface area contributed by atoms with Gasteiger partial charge < -0.3 is 20.0 Å². The van der Waals surface area contributed by atoms with Gasteiger partial charge in [0, 0.05) is 36.0 Å². The normalized spacial score (nSPS) is 12.6. The van der Waals surface area contributed by atoms with E-state index in [2.05, 4.69) is 15.6 Å². The molecule has 0 bridgehead atoms. The van der Waals surface area contributed by atoms with Crippen molar-refractivity contribution in [2.24, 2.45) is 5.73 Å². The maximum absolute atomic E-state index is 11.0. The Labute approximate surface area is 144 Å². The first kappa shape index (κ1) is 16.5. The molecule has 24 heavy (non-hydrogen) atoms. The summed E-state index contributed by atoms with van der Waals surface area (Å²) >= 11 is 6.05. The van der Waals surface area contributed by atoms with Gasteiger partial charge in [-0.15, -0.1) is 0 Å². The molecule has 0 spiro atoms. The van der Waals surface area contributed by atoms with Gasteiger partial charge in [-0.05, 0) is 36.4 Å². The molecule has 0 fully saturated rings. The van der Waals surface area contributed by atoms with Crippen molar-refractivity contribution >= 4 is 28.4 Å².